The summed E-state index contributed by atoms with van der Waals surface area (Å²) in [4.78, 5) is 36.5. The standard InChI is InChI=1S/C23H25F2NO5/c1-23(2,3)31-21(28)15-10-8-14(9-11-15)12-19(22(29)30-4)26-20(27)13-16-17(24)6-5-7-18(16)25/h5-11,19H,12-13H2,1-4H3,(H,26,27)/t19-/m0/s1. The van der Waals surface area contributed by atoms with Crippen molar-refractivity contribution in [2.75, 3.05) is 7.11 Å². The lowest BCUT2D eigenvalue weighted by molar-refractivity contribution is -0.145. The molecule has 0 saturated heterocycles. The van der Waals surface area contributed by atoms with Gasteiger partial charge in [0.1, 0.15) is 23.3 Å². The van der Waals surface area contributed by atoms with Crippen molar-refractivity contribution in [3.63, 3.8) is 0 Å². The molecule has 0 aliphatic heterocycles. The first-order valence-electron chi connectivity index (χ1n) is 9.62. The molecular weight excluding hydrogens is 408 g/mol. The van der Waals surface area contributed by atoms with Crippen LogP contribution < -0.4 is 5.32 Å². The summed E-state index contributed by atoms with van der Waals surface area (Å²) in [7, 11) is 1.17. The minimum atomic E-state index is -1.07. The van der Waals surface area contributed by atoms with Gasteiger partial charge in [-0.05, 0) is 50.6 Å². The zero-order chi connectivity index (χ0) is 23.2. The first kappa shape index (κ1) is 24.0. The maximum absolute atomic E-state index is 13.8. The fourth-order valence-corrected chi connectivity index (χ4v) is 2.79. The van der Waals surface area contributed by atoms with Gasteiger partial charge in [0.25, 0.3) is 0 Å². The van der Waals surface area contributed by atoms with E-state index in [0.29, 0.717) is 11.1 Å². The Balaban J connectivity index is 2.08. The summed E-state index contributed by atoms with van der Waals surface area (Å²) in [6, 6.07) is 8.58. The summed E-state index contributed by atoms with van der Waals surface area (Å²) in [5.74, 6) is -3.61. The largest absolute Gasteiger partial charge is 0.467 e. The molecular formula is C23H25F2NO5. The number of halogens is 2. The van der Waals surface area contributed by atoms with Gasteiger partial charge < -0.3 is 14.8 Å². The summed E-state index contributed by atoms with van der Waals surface area (Å²) in [6.45, 7) is 5.28. The summed E-state index contributed by atoms with van der Waals surface area (Å²) < 4.78 is 37.6. The van der Waals surface area contributed by atoms with E-state index in [-0.39, 0.29) is 12.0 Å². The van der Waals surface area contributed by atoms with Gasteiger partial charge in [0.2, 0.25) is 5.91 Å². The van der Waals surface area contributed by atoms with Crippen molar-refractivity contribution in [2.24, 2.45) is 0 Å². The lowest BCUT2D eigenvalue weighted by atomic mass is 10.0. The molecule has 6 nitrogen and oxygen atoms in total. The molecule has 1 atom stereocenters. The molecule has 0 spiro atoms. The Morgan fingerprint density at radius 1 is 1.00 bits per heavy atom. The van der Waals surface area contributed by atoms with Crippen molar-refractivity contribution in [1.29, 1.82) is 0 Å². The molecule has 2 aromatic carbocycles. The van der Waals surface area contributed by atoms with Gasteiger partial charge in [-0.15, -0.1) is 0 Å². The third kappa shape index (κ3) is 7.16. The van der Waals surface area contributed by atoms with Crippen molar-refractivity contribution in [3.05, 3.63) is 70.8 Å². The predicted octanol–water partition coefficient (Wildman–Crippen LogP) is 3.36. The van der Waals surface area contributed by atoms with Gasteiger partial charge in [0.05, 0.1) is 19.1 Å². The Kier molecular flexibility index (Phi) is 7.85. The highest BCUT2D eigenvalue weighted by molar-refractivity contribution is 5.90. The second kappa shape index (κ2) is 10.1. The second-order valence-electron chi connectivity index (χ2n) is 7.92. The van der Waals surface area contributed by atoms with Crippen LogP contribution in [0.3, 0.4) is 0 Å². The Morgan fingerprint density at radius 3 is 2.10 bits per heavy atom. The maximum atomic E-state index is 13.8. The van der Waals surface area contributed by atoms with Crippen LogP contribution in [0.4, 0.5) is 8.78 Å². The number of methoxy groups -OCH3 is 1. The number of hydrogen-bond acceptors (Lipinski definition) is 5. The van der Waals surface area contributed by atoms with Crippen LogP contribution in [0.25, 0.3) is 0 Å². The Bertz CT molecular complexity index is 931. The van der Waals surface area contributed by atoms with Crippen LogP contribution in [-0.2, 0) is 31.9 Å². The van der Waals surface area contributed by atoms with E-state index in [1.165, 1.54) is 13.2 Å². The van der Waals surface area contributed by atoms with Crippen LogP contribution in [0.15, 0.2) is 42.5 Å². The number of carbonyl (C=O) groups excluding carboxylic acids is 3. The van der Waals surface area contributed by atoms with Crippen LogP contribution in [0.5, 0.6) is 0 Å². The van der Waals surface area contributed by atoms with Crippen molar-refractivity contribution in [1.82, 2.24) is 5.32 Å². The number of amides is 1. The second-order valence-corrected chi connectivity index (χ2v) is 7.92. The normalized spacial score (nSPS) is 12.1. The molecule has 0 aliphatic rings. The van der Waals surface area contributed by atoms with Gasteiger partial charge in [-0.2, -0.15) is 0 Å². The number of hydrogen-bond donors (Lipinski definition) is 1. The number of benzene rings is 2. The van der Waals surface area contributed by atoms with Gasteiger partial charge in [-0.25, -0.2) is 18.4 Å². The monoisotopic (exact) mass is 433 g/mol. The zero-order valence-corrected chi connectivity index (χ0v) is 17.8. The van der Waals surface area contributed by atoms with Crippen molar-refractivity contribution >= 4 is 17.8 Å². The molecule has 0 saturated carbocycles. The number of rotatable bonds is 7. The van der Waals surface area contributed by atoms with E-state index in [9.17, 15) is 23.2 Å². The molecule has 0 heterocycles. The van der Waals surface area contributed by atoms with Crippen LogP contribution in [0, 0.1) is 11.6 Å². The molecule has 166 valence electrons. The maximum Gasteiger partial charge on any atom is 0.338 e. The van der Waals surface area contributed by atoms with E-state index in [4.69, 9.17) is 9.47 Å². The number of ether oxygens (including phenoxy) is 2. The van der Waals surface area contributed by atoms with Gasteiger partial charge >= 0.3 is 11.9 Å². The molecule has 2 aromatic rings. The SMILES string of the molecule is COC(=O)[C@H](Cc1ccc(C(=O)OC(C)(C)C)cc1)NC(=O)Cc1c(F)cccc1F. The third-order valence-corrected chi connectivity index (χ3v) is 4.25. The van der Waals surface area contributed by atoms with Gasteiger partial charge in [-0.1, -0.05) is 18.2 Å². The van der Waals surface area contributed by atoms with Crippen LogP contribution >= 0.6 is 0 Å². The van der Waals surface area contributed by atoms with Crippen molar-refractivity contribution in [2.45, 2.75) is 45.3 Å². The molecule has 2 rings (SSSR count). The minimum absolute atomic E-state index is 0.0623. The summed E-state index contributed by atoms with van der Waals surface area (Å²) >= 11 is 0. The molecule has 31 heavy (non-hydrogen) atoms. The molecule has 0 aliphatic carbocycles. The number of nitrogens with one attached hydrogen (secondary N) is 1. The quantitative estimate of drug-likeness (QED) is 0.678. The molecule has 0 unspecified atom stereocenters. The van der Waals surface area contributed by atoms with Crippen LogP contribution in [0.1, 0.15) is 42.3 Å². The van der Waals surface area contributed by atoms with Crippen molar-refractivity contribution in [3.8, 4) is 0 Å². The Morgan fingerprint density at radius 2 is 1.58 bits per heavy atom. The van der Waals surface area contributed by atoms with E-state index < -0.39 is 47.5 Å². The number of carbonyl (C=O) groups is 3. The average molecular weight is 433 g/mol. The molecule has 1 N–H and O–H groups in total. The topological polar surface area (TPSA) is 81.7 Å². The van der Waals surface area contributed by atoms with E-state index in [0.717, 1.165) is 12.1 Å². The van der Waals surface area contributed by atoms with Crippen LogP contribution in [-0.4, -0.2) is 36.6 Å². The third-order valence-electron chi connectivity index (χ3n) is 4.25. The minimum Gasteiger partial charge on any atom is -0.467 e. The molecule has 8 heteroatoms. The smallest absolute Gasteiger partial charge is 0.338 e. The summed E-state index contributed by atoms with van der Waals surface area (Å²) in [6.07, 6.45) is -0.504. The van der Waals surface area contributed by atoms with Gasteiger partial charge in [0.15, 0.2) is 0 Å². The van der Waals surface area contributed by atoms with Crippen molar-refractivity contribution < 1.29 is 32.6 Å². The fraction of sp³-hybridized carbons (Fsp3) is 0.348. The van der Waals surface area contributed by atoms with Gasteiger partial charge in [0, 0.05) is 12.0 Å². The Labute approximate surface area is 179 Å². The first-order chi connectivity index (χ1) is 14.5. The highest BCUT2D eigenvalue weighted by Gasteiger charge is 2.24. The molecule has 0 radical (unpaired) electrons. The van der Waals surface area contributed by atoms with E-state index in [1.54, 1.807) is 45.0 Å². The zero-order valence-electron chi connectivity index (χ0n) is 17.8. The van der Waals surface area contributed by atoms with Crippen LogP contribution in [0.2, 0.25) is 0 Å². The lowest BCUT2D eigenvalue weighted by Gasteiger charge is -2.20. The first-order valence-corrected chi connectivity index (χ1v) is 9.62. The fourth-order valence-electron chi connectivity index (χ4n) is 2.79. The van der Waals surface area contributed by atoms with E-state index in [1.807, 2.05) is 0 Å². The van der Waals surface area contributed by atoms with E-state index >= 15 is 0 Å². The molecule has 0 fully saturated rings. The lowest BCUT2D eigenvalue weighted by Crippen LogP contribution is -2.43. The highest BCUT2D eigenvalue weighted by Crippen LogP contribution is 2.15. The Hall–Kier alpha value is -3.29. The molecule has 0 bridgehead atoms. The van der Waals surface area contributed by atoms with Gasteiger partial charge in [-0.3, -0.25) is 4.79 Å². The summed E-state index contributed by atoms with van der Waals surface area (Å²) in [5.41, 5.74) is -0.0361. The number of esters is 2. The predicted molar refractivity (Wildman–Crippen MR) is 109 cm³/mol. The summed E-state index contributed by atoms with van der Waals surface area (Å²) in [5, 5.41) is 2.45. The molecule has 1 amide bonds. The highest BCUT2D eigenvalue weighted by atomic mass is 19.1. The van der Waals surface area contributed by atoms with E-state index in [2.05, 4.69) is 5.32 Å². The molecule has 0 aromatic heterocycles. The average Bonchev–Trinajstić information content (AvgIpc) is 2.69.